The van der Waals surface area contributed by atoms with Crippen molar-refractivity contribution in [1.82, 2.24) is 29.9 Å². The number of amides is 3. The zero-order valence-corrected chi connectivity index (χ0v) is 73.7. The number of aliphatic hydroxyl groups excluding tert-OH is 2. The lowest BCUT2D eigenvalue weighted by molar-refractivity contribution is -0.265. The maximum absolute atomic E-state index is 14.7. The number of nitrogens with one attached hydrogen (secondary N) is 1. The molecule has 3 fully saturated rings. The van der Waals surface area contributed by atoms with Crippen LogP contribution >= 0.6 is 0 Å². The van der Waals surface area contributed by atoms with Crippen molar-refractivity contribution in [3.63, 3.8) is 0 Å². The molecule has 6 heterocycles. The summed E-state index contributed by atoms with van der Waals surface area (Å²) in [6, 6.07) is 15.7. The number of nitrogens with zero attached hydrogens (tertiary/aromatic N) is 5. The number of nitrogen functional groups attached to an aromatic ring is 2. The first-order chi connectivity index (χ1) is 60.2. The Balaban J connectivity index is 0.554. The number of nitrogens with two attached hydrogens (primary N) is 3. The van der Waals surface area contributed by atoms with Crippen molar-refractivity contribution in [2.75, 3.05) is 151 Å². The standard InChI is InChI=1S/C92H131N9O24/c1-58-15-10-9-11-16-59(2)78(112-7)53-69-25-20-63(6)92(111,125-69)87(107)88(108)100-30-13-12-18-74(100)89(109)122-79(54-75(102)60(3)48-62(5)85(105)86(106)84(104)61(4)47-58)71(94)50-64-22-26-77(80(51-64)113-8)124-91(110)96-29-32-114-33-34-115-35-36-116-37-38-117-39-40-118-41-42-119-43-44-120-45-46-121-57-81(103)99-31-28-66-49-65(21-23-68(66)56-99)55-101-73-19-14-17-70(93)82(73)83(98-101)67-24-27-76-72(52-67)97-90(95)123-76/h9-11,14-17,19,21,23-24,27,48-49,52,58,60-61,63-64,69,71,74,77-80,85-86,105-106,111H,12-13,18,20,22,25-26,28-47,50-51,53-57,93-94H2,1-8H3,(H2,95,97)(H,96,110)/b11-9?,15-10+,59-16?,62-48+/t58-,60-,61-,63-,64+,69+,71-,74+,77-,78+,79+,80-,85-,86+,92-/m1/s1. The highest BCUT2D eigenvalue weighted by molar-refractivity contribution is 6.39. The molecule has 2 saturated heterocycles. The van der Waals surface area contributed by atoms with E-state index in [9.17, 15) is 48.9 Å². The van der Waals surface area contributed by atoms with E-state index in [0.717, 1.165) is 50.2 Å². The summed E-state index contributed by atoms with van der Waals surface area (Å²) in [5.41, 5.74) is 28.1. The van der Waals surface area contributed by atoms with Gasteiger partial charge in [0.05, 0.1) is 135 Å². The molecule has 15 atom stereocenters. The van der Waals surface area contributed by atoms with Gasteiger partial charge in [-0.1, -0.05) is 88.4 Å². The average molecular weight is 1750 g/mol. The summed E-state index contributed by atoms with van der Waals surface area (Å²) in [6.45, 7) is 17.2. The first-order valence-electron chi connectivity index (χ1n) is 44.0. The highest BCUT2D eigenvalue weighted by Crippen LogP contribution is 2.40. The van der Waals surface area contributed by atoms with Crippen LogP contribution < -0.4 is 22.5 Å². The predicted molar refractivity (Wildman–Crippen MR) is 464 cm³/mol. The van der Waals surface area contributed by atoms with Crippen LogP contribution in [-0.2, 0) is 110 Å². The molecule has 3 aromatic carbocycles. The molecule has 4 aliphatic heterocycles. The molecular formula is C92H131N9O24. The van der Waals surface area contributed by atoms with Gasteiger partial charge in [-0.05, 0) is 154 Å². The maximum Gasteiger partial charge on any atom is 0.407 e. The fourth-order valence-corrected chi connectivity index (χ4v) is 16.7. The number of hydrogen-bond donors (Lipinski definition) is 7. The minimum atomic E-state index is -2.51. The molecule has 33 heteroatoms. The van der Waals surface area contributed by atoms with Gasteiger partial charge in [-0.15, -0.1) is 0 Å². The van der Waals surface area contributed by atoms with Gasteiger partial charge < -0.3 is 114 Å². The lowest BCUT2D eigenvalue weighted by Crippen LogP contribution is -2.61. The fraction of sp³-hybridized carbons (Fsp3) is 0.620. The Morgan fingerprint density at radius 1 is 0.704 bits per heavy atom. The van der Waals surface area contributed by atoms with Gasteiger partial charge >= 0.3 is 12.1 Å². The number of oxazole rings is 1. The van der Waals surface area contributed by atoms with E-state index >= 15 is 0 Å². The monoisotopic (exact) mass is 1750 g/mol. The van der Waals surface area contributed by atoms with Crippen LogP contribution in [0.25, 0.3) is 33.3 Å². The lowest BCUT2D eigenvalue weighted by atomic mass is 9.80. The topological polar surface area (TPSA) is 441 Å². The van der Waals surface area contributed by atoms with Crippen molar-refractivity contribution in [2.24, 2.45) is 35.3 Å². The van der Waals surface area contributed by atoms with E-state index < -0.39 is 120 Å². The van der Waals surface area contributed by atoms with E-state index in [2.05, 4.69) is 28.5 Å². The number of hydrogen-bond acceptors (Lipinski definition) is 29. The second-order valence-electron chi connectivity index (χ2n) is 33.4. The van der Waals surface area contributed by atoms with Crippen LogP contribution in [0.4, 0.5) is 16.5 Å². The molecule has 5 aromatic rings. The number of allylic oxidation sites excluding steroid dienone is 6. The van der Waals surface area contributed by atoms with Crippen molar-refractivity contribution in [1.29, 1.82) is 0 Å². The summed E-state index contributed by atoms with van der Waals surface area (Å²) in [4.78, 5) is 105. The Hall–Kier alpha value is -8.75. The Labute approximate surface area is 731 Å². The molecule has 10 rings (SSSR count). The molecule has 1 aliphatic carbocycles. The van der Waals surface area contributed by atoms with E-state index in [1.54, 1.807) is 27.9 Å². The van der Waals surface area contributed by atoms with Gasteiger partial charge in [0.2, 0.25) is 11.7 Å². The quantitative estimate of drug-likeness (QED) is 0.00663. The van der Waals surface area contributed by atoms with Gasteiger partial charge in [0.1, 0.15) is 54.1 Å². The van der Waals surface area contributed by atoms with Crippen molar-refractivity contribution >= 4 is 74.9 Å². The Kier molecular flexibility index (Phi) is 39.0. The second-order valence-corrected chi connectivity index (χ2v) is 33.4. The third-order valence-corrected chi connectivity index (χ3v) is 24.0. The third-order valence-electron chi connectivity index (χ3n) is 24.0. The van der Waals surface area contributed by atoms with Crippen molar-refractivity contribution < 1.29 is 115 Å². The molecule has 0 unspecified atom stereocenters. The summed E-state index contributed by atoms with van der Waals surface area (Å²) in [5.74, 6) is -9.37. The van der Waals surface area contributed by atoms with Crippen LogP contribution in [0.3, 0.4) is 0 Å². The molecular weight excluding hydrogens is 1620 g/mol. The number of aliphatic hydroxyl groups is 3. The number of methoxy groups -OCH3 is 2. The highest BCUT2D eigenvalue weighted by atomic mass is 16.6. The number of esters is 1. The summed E-state index contributed by atoms with van der Waals surface area (Å²) < 4.78 is 82.4. The van der Waals surface area contributed by atoms with E-state index in [1.807, 2.05) is 90.2 Å². The van der Waals surface area contributed by atoms with Crippen molar-refractivity contribution in [3.05, 3.63) is 119 Å². The molecule has 3 amide bonds. The van der Waals surface area contributed by atoms with E-state index in [-0.39, 0.29) is 88.1 Å². The van der Waals surface area contributed by atoms with Gasteiger partial charge in [-0.3, -0.25) is 28.7 Å². The number of carbonyl (C=O) groups excluding carboxylic acids is 7. The summed E-state index contributed by atoms with van der Waals surface area (Å²) >= 11 is 0. The smallest absolute Gasteiger partial charge is 0.407 e. The maximum atomic E-state index is 14.7. The predicted octanol–water partition coefficient (Wildman–Crippen LogP) is 8.04. The van der Waals surface area contributed by atoms with Gasteiger partial charge in [0, 0.05) is 88.3 Å². The number of piperidine rings is 1. The average Bonchev–Trinajstić information content (AvgIpc) is 1.46. The summed E-state index contributed by atoms with van der Waals surface area (Å²) in [5, 5.41) is 43.2. The van der Waals surface area contributed by atoms with Gasteiger partial charge in [-0.25, -0.2) is 9.59 Å². The molecule has 10 N–H and O–H groups in total. The lowest BCUT2D eigenvalue weighted by Gasteiger charge is -2.42. The van der Waals surface area contributed by atoms with E-state index in [4.69, 9.17) is 88.3 Å². The first kappa shape index (κ1) is 98.4. The number of ether oxygens (including phenoxy) is 13. The first-order valence-corrected chi connectivity index (χ1v) is 44.0. The normalized spacial score (nSPS) is 26.6. The third kappa shape index (κ3) is 28.6. The Morgan fingerprint density at radius 3 is 2.06 bits per heavy atom. The number of fused-ring (bicyclic) bond motifs is 6. The van der Waals surface area contributed by atoms with Crippen LogP contribution in [-0.4, -0.2) is 281 Å². The minimum absolute atomic E-state index is 0.00218. The Bertz CT molecular complexity index is 4470. The van der Waals surface area contributed by atoms with Gasteiger partial charge in [0.25, 0.3) is 17.7 Å². The number of anilines is 2. The van der Waals surface area contributed by atoms with Crippen molar-refractivity contribution in [3.8, 4) is 11.3 Å². The molecule has 2 bridgehead atoms. The van der Waals surface area contributed by atoms with Gasteiger partial charge in [-0.2, -0.15) is 10.1 Å². The zero-order chi connectivity index (χ0) is 89.5. The minimum Gasteiger partial charge on any atom is -0.459 e. The van der Waals surface area contributed by atoms with Crippen LogP contribution in [0.5, 0.6) is 0 Å². The Morgan fingerprint density at radius 2 is 1.38 bits per heavy atom. The highest BCUT2D eigenvalue weighted by Gasteiger charge is 2.53. The number of ketones is 3. The largest absolute Gasteiger partial charge is 0.459 e. The molecule has 0 radical (unpaired) electrons. The molecule has 0 spiro atoms. The number of cyclic esters (lactones) is 1. The molecule has 1 saturated carbocycles. The van der Waals surface area contributed by atoms with Crippen LogP contribution in [0.15, 0.2) is 107 Å². The number of benzene rings is 3. The number of rotatable bonds is 35. The number of carbonyl (C=O) groups is 7. The summed E-state index contributed by atoms with van der Waals surface area (Å²) in [6.07, 6.45) is 7.50. The number of alkyl carbamates (subject to hydrolysis) is 1. The SMILES string of the molecule is CO[C@H]1C[C@@H]2CC[C@@H](C)[C@@](O)(O2)C(=O)C(=O)N2CCCC[C@H]2C(=O)O[C@H]([C@H](N)C[C@@H]2CC[C@@H](OC(=O)NCCOCCOCCOCCOCCOCCOCCOCCOCC(=O)N3CCc4cc(Cn5nc(-c6ccc7oc(N)nc7c6)c6c(N)cccc65)ccc4C3)[C@H](OC)C2)CC(=O)[C@H](C)/C=C(\C)[C@@H](O)[C@@H](O)C(=O)[C@H](C)C[C@H](C)/C=C/C=CC=C1C. The van der Waals surface area contributed by atoms with E-state index in [1.165, 1.54) is 25.7 Å². The number of aromatic nitrogens is 3. The molecule has 2 aromatic heterocycles. The second kappa shape index (κ2) is 49.5. The summed E-state index contributed by atoms with van der Waals surface area (Å²) in [7, 11) is 3.06. The van der Waals surface area contributed by atoms with E-state index in [0.29, 0.717) is 167 Å². The van der Waals surface area contributed by atoms with Crippen LogP contribution in [0, 0.1) is 29.6 Å². The fourth-order valence-electron chi connectivity index (χ4n) is 16.7. The van der Waals surface area contributed by atoms with Crippen LogP contribution in [0.2, 0.25) is 0 Å². The van der Waals surface area contributed by atoms with Crippen LogP contribution in [0.1, 0.15) is 135 Å². The molecule has 5 aliphatic rings. The van der Waals surface area contributed by atoms with Gasteiger partial charge in [0.15, 0.2) is 11.4 Å². The molecule has 688 valence electrons. The molecule has 33 nitrogen and oxygen atoms in total. The molecule has 125 heavy (non-hydrogen) atoms. The number of Topliss-reactive ketones (excluding diaryl/α,β-unsaturated/α-hetero) is 3. The van der Waals surface area contributed by atoms with Crippen molar-refractivity contribution in [2.45, 2.75) is 199 Å². The zero-order valence-electron chi connectivity index (χ0n) is 73.7.